The molecule has 0 aliphatic heterocycles. The average Bonchev–Trinajstić information content (AvgIpc) is 2.63. The van der Waals surface area contributed by atoms with E-state index in [0.29, 0.717) is 19.3 Å². The number of benzene rings is 2. The second kappa shape index (κ2) is 9.62. The van der Waals surface area contributed by atoms with E-state index in [4.69, 9.17) is 0 Å². The fourth-order valence-electron chi connectivity index (χ4n) is 2.69. The molecule has 0 spiro atoms. The number of carbonyl (C=O) groups excluding carboxylic acids is 2. The fourth-order valence-corrected chi connectivity index (χ4v) is 2.69. The van der Waals surface area contributed by atoms with Crippen molar-refractivity contribution in [3.8, 4) is 0 Å². The lowest BCUT2D eigenvalue weighted by atomic mass is 10.1. The maximum Gasteiger partial charge on any atom is 0.220 e. The van der Waals surface area contributed by atoms with Crippen LogP contribution in [-0.4, -0.2) is 11.8 Å². The molecule has 0 saturated carbocycles. The van der Waals surface area contributed by atoms with Crippen LogP contribution in [0.5, 0.6) is 0 Å². The maximum atomic E-state index is 12.0. The van der Waals surface area contributed by atoms with Crippen molar-refractivity contribution in [2.75, 3.05) is 0 Å². The summed E-state index contributed by atoms with van der Waals surface area (Å²) in [7, 11) is 0. The molecule has 0 fully saturated rings. The van der Waals surface area contributed by atoms with Crippen molar-refractivity contribution in [3.63, 3.8) is 0 Å². The molecular weight excluding hydrogens is 312 g/mol. The number of hydrogen-bond acceptors (Lipinski definition) is 2. The van der Waals surface area contributed by atoms with Gasteiger partial charge in [-0.2, -0.15) is 0 Å². The molecule has 0 saturated heterocycles. The second-order valence-corrected chi connectivity index (χ2v) is 6.25. The van der Waals surface area contributed by atoms with Crippen LogP contribution >= 0.6 is 0 Å². The van der Waals surface area contributed by atoms with Gasteiger partial charge in [-0.25, -0.2) is 0 Å². The number of carbonyl (C=O) groups is 2. The Kier molecular flexibility index (Phi) is 7.20. The summed E-state index contributed by atoms with van der Waals surface area (Å²) in [4.78, 5) is 24.0. The summed E-state index contributed by atoms with van der Waals surface area (Å²) in [5.74, 6) is -0.0551. The van der Waals surface area contributed by atoms with E-state index in [0.717, 1.165) is 11.1 Å². The van der Waals surface area contributed by atoms with Gasteiger partial charge in [0, 0.05) is 12.8 Å². The topological polar surface area (TPSA) is 58.2 Å². The summed E-state index contributed by atoms with van der Waals surface area (Å²) in [6.45, 7) is 3.92. The summed E-state index contributed by atoms with van der Waals surface area (Å²) in [5, 5.41) is 5.93. The normalized spacial score (nSPS) is 12.9. The van der Waals surface area contributed by atoms with E-state index in [-0.39, 0.29) is 23.9 Å². The summed E-state index contributed by atoms with van der Waals surface area (Å²) in [5.41, 5.74) is 2.15. The molecule has 2 N–H and O–H groups in total. The van der Waals surface area contributed by atoms with Crippen molar-refractivity contribution in [1.82, 2.24) is 10.6 Å². The van der Waals surface area contributed by atoms with Gasteiger partial charge in [0.2, 0.25) is 11.8 Å². The van der Waals surface area contributed by atoms with Gasteiger partial charge in [0.25, 0.3) is 0 Å². The van der Waals surface area contributed by atoms with Gasteiger partial charge in [-0.05, 0) is 31.4 Å². The van der Waals surface area contributed by atoms with Crippen molar-refractivity contribution < 1.29 is 9.59 Å². The van der Waals surface area contributed by atoms with Crippen molar-refractivity contribution in [3.05, 3.63) is 71.8 Å². The number of hydrogen-bond donors (Lipinski definition) is 2. The molecule has 4 heteroatoms. The van der Waals surface area contributed by atoms with E-state index in [1.807, 2.05) is 74.5 Å². The molecule has 2 aromatic rings. The van der Waals surface area contributed by atoms with Crippen LogP contribution in [0, 0.1) is 0 Å². The Labute approximate surface area is 149 Å². The molecule has 25 heavy (non-hydrogen) atoms. The van der Waals surface area contributed by atoms with Crippen LogP contribution in [0.25, 0.3) is 0 Å². The minimum atomic E-state index is -0.0275. The van der Waals surface area contributed by atoms with Crippen molar-refractivity contribution in [2.24, 2.45) is 0 Å². The van der Waals surface area contributed by atoms with Gasteiger partial charge in [-0.1, -0.05) is 60.7 Å². The molecule has 0 unspecified atom stereocenters. The molecule has 0 aliphatic rings. The van der Waals surface area contributed by atoms with Crippen LogP contribution in [0.1, 0.15) is 56.3 Å². The molecule has 2 aromatic carbocycles. The van der Waals surface area contributed by atoms with Gasteiger partial charge in [0.15, 0.2) is 0 Å². The Bertz CT molecular complexity index is 611. The lowest BCUT2D eigenvalue weighted by Crippen LogP contribution is -2.28. The highest BCUT2D eigenvalue weighted by Gasteiger charge is 2.12. The van der Waals surface area contributed by atoms with Gasteiger partial charge >= 0.3 is 0 Å². The lowest BCUT2D eigenvalue weighted by molar-refractivity contribution is -0.123. The minimum absolute atomic E-state index is 0.0272. The molecule has 0 aliphatic carbocycles. The smallest absolute Gasteiger partial charge is 0.220 e. The predicted octanol–water partition coefficient (Wildman–Crippen LogP) is 3.91. The van der Waals surface area contributed by atoms with Crippen molar-refractivity contribution in [2.45, 2.75) is 45.2 Å². The molecule has 2 atom stereocenters. The maximum absolute atomic E-state index is 12.0. The first-order valence-corrected chi connectivity index (χ1v) is 8.75. The summed E-state index contributed by atoms with van der Waals surface area (Å²) >= 11 is 0. The van der Waals surface area contributed by atoms with E-state index in [1.54, 1.807) is 0 Å². The first-order valence-electron chi connectivity index (χ1n) is 8.75. The van der Waals surface area contributed by atoms with Crippen molar-refractivity contribution in [1.29, 1.82) is 0 Å². The third-order valence-corrected chi connectivity index (χ3v) is 4.16. The minimum Gasteiger partial charge on any atom is -0.350 e. The van der Waals surface area contributed by atoms with Crippen LogP contribution in [0.2, 0.25) is 0 Å². The number of amides is 2. The van der Waals surface area contributed by atoms with E-state index >= 15 is 0 Å². The summed E-state index contributed by atoms with van der Waals surface area (Å²) in [6, 6.07) is 19.6. The number of rotatable bonds is 8. The Balaban J connectivity index is 1.67. The quantitative estimate of drug-likeness (QED) is 0.766. The van der Waals surface area contributed by atoms with E-state index in [2.05, 4.69) is 10.6 Å². The SMILES string of the molecule is C[C@@H](NC(=O)CCCC(=O)N[C@H](C)c1ccccc1)c1ccccc1. The molecule has 0 aromatic heterocycles. The van der Waals surface area contributed by atoms with E-state index < -0.39 is 0 Å². The van der Waals surface area contributed by atoms with E-state index in [1.165, 1.54) is 0 Å². The zero-order valence-electron chi connectivity index (χ0n) is 14.9. The molecule has 0 radical (unpaired) electrons. The van der Waals surface area contributed by atoms with Gasteiger partial charge < -0.3 is 10.6 Å². The molecule has 2 rings (SSSR count). The fraction of sp³-hybridized carbons (Fsp3) is 0.333. The Hall–Kier alpha value is -2.62. The molecule has 4 nitrogen and oxygen atoms in total. The van der Waals surface area contributed by atoms with Gasteiger partial charge in [-0.15, -0.1) is 0 Å². The summed E-state index contributed by atoms with van der Waals surface area (Å²) < 4.78 is 0. The standard InChI is InChI=1S/C21H26N2O2/c1-16(18-10-5-3-6-11-18)22-20(24)14-9-15-21(25)23-17(2)19-12-7-4-8-13-19/h3-8,10-13,16-17H,9,14-15H2,1-2H3,(H,22,24)(H,23,25)/t16-,17-/m1/s1. The third kappa shape index (κ3) is 6.42. The van der Waals surface area contributed by atoms with Gasteiger partial charge in [-0.3, -0.25) is 9.59 Å². The third-order valence-electron chi connectivity index (χ3n) is 4.16. The molecular formula is C21H26N2O2. The highest BCUT2D eigenvalue weighted by atomic mass is 16.2. The summed E-state index contributed by atoms with van der Waals surface area (Å²) in [6.07, 6.45) is 1.25. The largest absolute Gasteiger partial charge is 0.350 e. The van der Waals surface area contributed by atoms with Crippen LogP contribution in [0.4, 0.5) is 0 Å². The predicted molar refractivity (Wildman–Crippen MR) is 99.9 cm³/mol. The van der Waals surface area contributed by atoms with E-state index in [9.17, 15) is 9.59 Å². The van der Waals surface area contributed by atoms with Crippen LogP contribution in [0.3, 0.4) is 0 Å². The molecule has 0 bridgehead atoms. The highest BCUT2D eigenvalue weighted by Crippen LogP contribution is 2.13. The van der Waals surface area contributed by atoms with Gasteiger partial charge in [0.05, 0.1) is 12.1 Å². The Morgan fingerprint density at radius 2 is 1.08 bits per heavy atom. The Morgan fingerprint density at radius 3 is 1.44 bits per heavy atom. The lowest BCUT2D eigenvalue weighted by Gasteiger charge is -2.15. The highest BCUT2D eigenvalue weighted by molar-refractivity contribution is 5.79. The first-order chi connectivity index (χ1) is 12.1. The zero-order valence-corrected chi connectivity index (χ0v) is 14.9. The molecule has 2 amide bonds. The molecule has 0 heterocycles. The average molecular weight is 338 g/mol. The molecule has 132 valence electrons. The number of nitrogens with one attached hydrogen (secondary N) is 2. The van der Waals surface area contributed by atoms with Crippen LogP contribution in [-0.2, 0) is 9.59 Å². The first kappa shape index (κ1) is 18.7. The van der Waals surface area contributed by atoms with Crippen molar-refractivity contribution >= 4 is 11.8 Å². The van der Waals surface area contributed by atoms with Gasteiger partial charge in [0.1, 0.15) is 0 Å². The zero-order chi connectivity index (χ0) is 18.1. The second-order valence-electron chi connectivity index (χ2n) is 6.25. The Morgan fingerprint density at radius 1 is 0.720 bits per heavy atom. The van der Waals surface area contributed by atoms with Crippen LogP contribution < -0.4 is 10.6 Å². The monoisotopic (exact) mass is 338 g/mol. The van der Waals surface area contributed by atoms with Crippen LogP contribution in [0.15, 0.2) is 60.7 Å².